The third kappa shape index (κ3) is 16.6. The molecule has 3 atom stereocenters. The van der Waals surface area contributed by atoms with E-state index in [1.807, 2.05) is 6.92 Å². The maximum atomic E-state index is 11.9. The summed E-state index contributed by atoms with van der Waals surface area (Å²) in [5.41, 5.74) is 0.385. The first-order valence-corrected chi connectivity index (χ1v) is 11.3. The van der Waals surface area contributed by atoms with Crippen molar-refractivity contribution < 1.29 is 19.1 Å². The molecule has 0 rings (SSSR count). The normalized spacial score (nSPS) is 14.4. The molecule has 0 aromatic heterocycles. The smallest absolute Gasteiger partial charge is 0.306 e. The summed E-state index contributed by atoms with van der Waals surface area (Å²) in [6, 6.07) is 0. The van der Waals surface area contributed by atoms with Crippen molar-refractivity contribution in [1.29, 1.82) is 0 Å². The van der Waals surface area contributed by atoms with Crippen LogP contribution in [-0.4, -0.2) is 23.6 Å². The molecule has 180 valence electrons. The van der Waals surface area contributed by atoms with E-state index in [1.54, 1.807) is 6.92 Å². The standard InChI is InChI=1S/C15H28O3.C10H20O.CH4/c1-7-12(15(4,5)6)10-14(17)18-13(8-2)9-11(3)16;1-6-9(7-8(2)11)10(3,4)5;/h12-13H,7-10H2,1-6H3;9H,6-7H2,1-5H3;1H4. The van der Waals surface area contributed by atoms with E-state index < -0.39 is 0 Å². The fraction of sp³-hybridized carbons (Fsp3) is 0.885. The number of hydrogen-bond donors (Lipinski definition) is 0. The van der Waals surface area contributed by atoms with Gasteiger partial charge >= 0.3 is 5.97 Å². The summed E-state index contributed by atoms with van der Waals surface area (Å²) in [5.74, 6) is 1.06. The van der Waals surface area contributed by atoms with E-state index in [-0.39, 0.29) is 36.1 Å². The Labute approximate surface area is 187 Å². The topological polar surface area (TPSA) is 60.4 Å². The molecule has 0 aromatic rings. The highest BCUT2D eigenvalue weighted by Crippen LogP contribution is 2.32. The van der Waals surface area contributed by atoms with Gasteiger partial charge in [0.1, 0.15) is 17.7 Å². The van der Waals surface area contributed by atoms with E-state index in [1.165, 1.54) is 6.92 Å². The molecular formula is C26H52O4. The lowest BCUT2D eigenvalue weighted by Gasteiger charge is -2.29. The zero-order chi connectivity index (χ0) is 23.4. The van der Waals surface area contributed by atoms with Gasteiger partial charge in [0.05, 0.1) is 0 Å². The van der Waals surface area contributed by atoms with Crippen LogP contribution in [0.15, 0.2) is 0 Å². The fourth-order valence-corrected chi connectivity index (χ4v) is 3.50. The fourth-order valence-electron chi connectivity index (χ4n) is 3.50. The van der Waals surface area contributed by atoms with Gasteiger partial charge < -0.3 is 9.53 Å². The first kappa shape index (κ1) is 33.4. The predicted molar refractivity (Wildman–Crippen MR) is 129 cm³/mol. The highest BCUT2D eigenvalue weighted by molar-refractivity contribution is 5.77. The molecule has 0 spiro atoms. The minimum Gasteiger partial charge on any atom is -0.462 e. The average molecular weight is 429 g/mol. The third-order valence-corrected chi connectivity index (χ3v) is 5.65. The summed E-state index contributed by atoms with van der Waals surface area (Å²) in [6.07, 6.45) is 4.00. The maximum Gasteiger partial charge on any atom is 0.306 e. The van der Waals surface area contributed by atoms with Crippen molar-refractivity contribution in [1.82, 2.24) is 0 Å². The Morgan fingerprint density at radius 3 is 1.27 bits per heavy atom. The largest absolute Gasteiger partial charge is 0.462 e. The molecule has 0 bridgehead atoms. The molecule has 0 amide bonds. The van der Waals surface area contributed by atoms with E-state index in [4.69, 9.17) is 4.74 Å². The molecule has 0 fully saturated rings. The van der Waals surface area contributed by atoms with Crippen molar-refractivity contribution in [3.63, 3.8) is 0 Å². The molecule has 0 aromatic carbocycles. The van der Waals surface area contributed by atoms with Crippen LogP contribution in [0.3, 0.4) is 0 Å². The van der Waals surface area contributed by atoms with Gasteiger partial charge in [0, 0.05) is 19.3 Å². The Bertz CT molecular complexity index is 494. The van der Waals surface area contributed by atoms with Crippen LogP contribution in [0.5, 0.6) is 0 Å². The second kappa shape index (κ2) is 15.6. The van der Waals surface area contributed by atoms with Crippen LogP contribution in [0, 0.1) is 22.7 Å². The second-order valence-corrected chi connectivity index (χ2v) is 10.5. The second-order valence-electron chi connectivity index (χ2n) is 10.5. The van der Waals surface area contributed by atoms with Crippen molar-refractivity contribution in [2.75, 3.05) is 0 Å². The number of rotatable bonds is 10. The van der Waals surface area contributed by atoms with Gasteiger partial charge in [-0.3, -0.25) is 9.59 Å². The summed E-state index contributed by atoms with van der Waals surface area (Å²) in [7, 11) is 0. The number of carbonyl (C=O) groups excluding carboxylic acids is 3. The van der Waals surface area contributed by atoms with Crippen LogP contribution in [0.2, 0.25) is 0 Å². The van der Waals surface area contributed by atoms with Crippen molar-refractivity contribution in [3.05, 3.63) is 0 Å². The molecule has 4 heteroatoms. The highest BCUT2D eigenvalue weighted by Gasteiger charge is 2.27. The maximum absolute atomic E-state index is 11.9. The molecule has 0 aliphatic carbocycles. The SMILES string of the molecule is C.CCC(CC(C)=O)C(C)(C)C.CCC(CC(C)=O)OC(=O)CC(CC)C(C)(C)C. The number of Topliss-reactive ketones (excluding diaryl/α,β-unsaturated/α-hetero) is 2. The van der Waals surface area contributed by atoms with Crippen LogP contribution in [-0.2, 0) is 19.1 Å². The average Bonchev–Trinajstić information content (AvgIpc) is 2.54. The summed E-state index contributed by atoms with van der Waals surface area (Å²) < 4.78 is 5.38. The highest BCUT2D eigenvalue weighted by atomic mass is 16.5. The molecule has 0 aliphatic rings. The zero-order valence-corrected chi connectivity index (χ0v) is 21.1. The van der Waals surface area contributed by atoms with Gasteiger partial charge in [0.15, 0.2) is 0 Å². The Balaban J connectivity index is -0.000000525. The number of esters is 1. The minimum absolute atomic E-state index is 0. The Hall–Kier alpha value is -1.19. The molecule has 0 saturated heterocycles. The molecule has 4 nitrogen and oxygen atoms in total. The van der Waals surface area contributed by atoms with E-state index in [9.17, 15) is 14.4 Å². The third-order valence-electron chi connectivity index (χ3n) is 5.65. The van der Waals surface area contributed by atoms with Gasteiger partial charge in [-0.15, -0.1) is 0 Å². The lowest BCUT2D eigenvalue weighted by atomic mass is 9.76. The monoisotopic (exact) mass is 428 g/mol. The van der Waals surface area contributed by atoms with Crippen LogP contribution in [0.4, 0.5) is 0 Å². The quantitative estimate of drug-likeness (QED) is 0.339. The molecule has 0 saturated carbocycles. The van der Waals surface area contributed by atoms with Crippen LogP contribution >= 0.6 is 0 Å². The van der Waals surface area contributed by atoms with Crippen LogP contribution < -0.4 is 0 Å². The first-order chi connectivity index (χ1) is 13.1. The van der Waals surface area contributed by atoms with Crippen molar-refractivity contribution in [2.45, 2.75) is 128 Å². The minimum atomic E-state index is -0.257. The van der Waals surface area contributed by atoms with Crippen LogP contribution in [0.25, 0.3) is 0 Å². The van der Waals surface area contributed by atoms with Gasteiger partial charge in [-0.1, -0.05) is 82.6 Å². The Morgan fingerprint density at radius 1 is 0.667 bits per heavy atom. The van der Waals surface area contributed by atoms with Gasteiger partial charge in [0.25, 0.3) is 0 Å². The van der Waals surface area contributed by atoms with Crippen LogP contribution in [0.1, 0.15) is 122 Å². The summed E-state index contributed by atoms with van der Waals surface area (Å²) in [4.78, 5) is 33.8. The van der Waals surface area contributed by atoms with Crippen molar-refractivity contribution >= 4 is 17.5 Å². The molecule has 0 heterocycles. The van der Waals surface area contributed by atoms with Crippen molar-refractivity contribution in [2.24, 2.45) is 22.7 Å². The zero-order valence-electron chi connectivity index (χ0n) is 21.1. The van der Waals surface area contributed by atoms with E-state index in [2.05, 4.69) is 55.4 Å². The van der Waals surface area contributed by atoms with Gasteiger partial charge in [-0.05, 0) is 42.9 Å². The lowest BCUT2D eigenvalue weighted by Crippen LogP contribution is -2.26. The molecule has 30 heavy (non-hydrogen) atoms. The molecule has 0 N–H and O–H groups in total. The Kier molecular flexibility index (Phi) is 17.4. The molecular weight excluding hydrogens is 376 g/mol. The number of carbonyl (C=O) groups is 3. The van der Waals surface area contributed by atoms with E-state index >= 15 is 0 Å². The van der Waals surface area contributed by atoms with Gasteiger partial charge in [-0.25, -0.2) is 0 Å². The molecule has 0 aliphatic heterocycles. The van der Waals surface area contributed by atoms with Gasteiger partial charge in [-0.2, -0.15) is 0 Å². The van der Waals surface area contributed by atoms with E-state index in [0.29, 0.717) is 36.9 Å². The summed E-state index contributed by atoms with van der Waals surface area (Å²) >= 11 is 0. The molecule has 3 unspecified atom stereocenters. The number of ether oxygens (including phenoxy) is 1. The van der Waals surface area contributed by atoms with Crippen molar-refractivity contribution in [3.8, 4) is 0 Å². The lowest BCUT2D eigenvalue weighted by molar-refractivity contribution is -0.152. The number of ketones is 2. The summed E-state index contributed by atoms with van der Waals surface area (Å²) in [6.45, 7) is 22.4. The number of hydrogen-bond acceptors (Lipinski definition) is 4. The molecule has 0 radical (unpaired) electrons. The van der Waals surface area contributed by atoms with Gasteiger partial charge in [0.2, 0.25) is 0 Å². The first-order valence-electron chi connectivity index (χ1n) is 11.3. The predicted octanol–water partition coefficient (Wildman–Crippen LogP) is 7.42. The summed E-state index contributed by atoms with van der Waals surface area (Å²) in [5, 5.41) is 0. The Morgan fingerprint density at radius 2 is 1.03 bits per heavy atom. The van der Waals surface area contributed by atoms with E-state index in [0.717, 1.165) is 19.3 Å².